The fraction of sp³-hybridized carbons (Fsp3) is 0.200. The molecule has 2 aromatic rings. The van der Waals surface area contributed by atoms with Crippen molar-refractivity contribution in [3.05, 3.63) is 52.5 Å². The summed E-state index contributed by atoms with van der Waals surface area (Å²) in [5.41, 5.74) is -0.579. The Bertz CT molecular complexity index is 752. The molecule has 0 unspecified atom stereocenters. The van der Waals surface area contributed by atoms with Crippen molar-refractivity contribution in [2.24, 2.45) is 0 Å². The number of methoxy groups -OCH3 is 1. The van der Waals surface area contributed by atoms with Gasteiger partial charge in [0.1, 0.15) is 23.2 Å². The molecule has 0 spiro atoms. The molecule has 5 nitrogen and oxygen atoms in total. The highest BCUT2D eigenvalue weighted by Crippen LogP contribution is 2.22. The van der Waals surface area contributed by atoms with Gasteiger partial charge >= 0.3 is 5.97 Å². The zero-order valence-corrected chi connectivity index (χ0v) is 12.1. The Morgan fingerprint density at radius 3 is 2.32 bits per heavy atom. The molecule has 116 valence electrons. The van der Waals surface area contributed by atoms with Crippen molar-refractivity contribution in [1.82, 2.24) is 0 Å². The predicted molar refractivity (Wildman–Crippen MR) is 73.8 cm³/mol. The molecule has 0 saturated carbocycles. The first-order chi connectivity index (χ1) is 10.3. The third-order valence-corrected chi connectivity index (χ3v) is 3.00. The number of furan rings is 1. The van der Waals surface area contributed by atoms with Gasteiger partial charge in [-0.25, -0.2) is 13.6 Å². The Balaban J connectivity index is 2.35. The van der Waals surface area contributed by atoms with Gasteiger partial charge in [-0.2, -0.15) is 0 Å². The van der Waals surface area contributed by atoms with Gasteiger partial charge in [-0.1, -0.05) is 0 Å². The summed E-state index contributed by atoms with van der Waals surface area (Å²) < 4.78 is 36.9. The Hall–Kier alpha value is -2.70. The van der Waals surface area contributed by atoms with Crippen LogP contribution in [0.5, 0.6) is 0 Å². The maximum atomic E-state index is 13.7. The number of rotatable bonds is 3. The molecule has 1 amide bonds. The first-order valence-electron chi connectivity index (χ1n) is 6.29. The van der Waals surface area contributed by atoms with E-state index in [9.17, 15) is 18.4 Å². The van der Waals surface area contributed by atoms with Crippen molar-refractivity contribution in [3.63, 3.8) is 0 Å². The van der Waals surface area contributed by atoms with E-state index < -0.39 is 29.1 Å². The standard InChI is InChI=1S/C15H13F2NO4/c1-7-4-9(8(2)22-7)14(19)18-13-5-10(15(20)21-3)11(16)6-12(13)17/h4-6H,1-3H3,(H,18,19). The van der Waals surface area contributed by atoms with Crippen LogP contribution >= 0.6 is 0 Å². The zero-order chi connectivity index (χ0) is 16.4. The average Bonchev–Trinajstić information content (AvgIpc) is 2.79. The number of hydrogen-bond donors (Lipinski definition) is 1. The minimum atomic E-state index is -1.07. The summed E-state index contributed by atoms with van der Waals surface area (Å²) in [5, 5.41) is 2.28. The predicted octanol–water partition coefficient (Wildman–Crippen LogP) is 3.21. The van der Waals surface area contributed by atoms with Gasteiger partial charge in [-0.3, -0.25) is 4.79 Å². The van der Waals surface area contributed by atoms with E-state index in [2.05, 4.69) is 10.1 Å². The zero-order valence-electron chi connectivity index (χ0n) is 12.1. The number of amides is 1. The van der Waals surface area contributed by atoms with Crippen molar-refractivity contribution in [3.8, 4) is 0 Å². The number of halogens is 2. The van der Waals surface area contributed by atoms with Gasteiger partial charge in [0.2, 0.25) is 0 Å². The van der Waals surface area contributed by atoms with E-state index in [4.69, 9.17) is 4.42 Å². The number of benzene rings is 1. The lowest BCUT2D eigenvalue weighted by molar-refractivity contribution is 0.0595. The summed E-state index contributed by atoms with van der Waals surface area (Å²) in [6, 6.07) is 2.89. The summed E-state index contributed by atoms with van der Waals surface area (Å²) in [4.78, 5) is 23.5. The molecule has 0 fully saturated rings. The molecular formula is C15H13F2NO4. The van der Waals surface area contributed by atoms with E-state index in [1.54, 1.807) is 13.8 Å². The van der Waals surface area contributed by atoms with Gasteiger partial charge in [0.05, 0.1) is 23.9 Å². The second-order valence-corrected chi connectivity index (χ2v) is 4.58. The Kier molecular flexibility index (Phi) is 4.25. The highest BCUT2D eigenvalue weighted by atomic mass is 19.1. The number of ether oxygens (including phenoxy) is 1. The first-order valence-corrected chi connectivity index (χ1v) is 6.29. The lowest BCUT2D eigenvalue weighted by Gasteiger charge is -2.08. The van der Waals surface area contributed by atoms with Crippen LogP contribution in [0.1, 0.15) is 32.2 Å². The lowest BCUT2D eigenvalue weighted by atomic mass is 10.1. The molecule has 7 heteroatoms. The molecule has 0 radical (unpaired) electrons. The molecule has 2 rings (SSSR count). The van der Waals surface area contributed by atoms with Gasteiger partial charge in [0.15, 0.2) is 0 Å². The molecule has 0 atom stereocenters. The molecule has 0 aliphatic carbocycles. The first kappa shape index (κ1) is 15.7. The normalized spacial score (nSPS) is 10.4. The molecule has 0 aliphatic heterocycles. The Morgan fingerprint density at radius 1 is 1.09 bits per heavy atom. The number of carbonyl (C=O) groups is 2. The number of anilines is 1. The smallest absolute Gasteiger partial charge is 0.340 e. The second kappa shape index (κ2) is 5.97. The van der Waals surface area contributed by atoms with Crippen LogP contribution in [0, 0.1) is 25.5 Å². The van der Waals surface area contributed by atoms with Crippen LogP contribution < -0.4 is 5.32 Å². The van der Waals surface area contributed by atoms with Crippen LogP contribution in [-0.4, -0.2) is 19.0 Å². The number of hydrogen-bond acceptors (Lipinski definition) is 4. The van der Waals surface area contributed by atoms with Gasteiger partial charge in [0.25, 0.3) is 5.91 Å². The second-order valence-electron chi connectivity index (χ2n) is 4.58. The largest absolute Gasteiger partial charge is 0.466 e. The van der Waals surface area contributed by atoms with Gasteiger partial charge in [-0.15, -0.1) is 0 Å². The van der Waals surface area contributed by atoms with E-state index in [-0.39, 0.29) is 11.3 Å². The van der Waals surface area contributed by atoms with E-state index >= 15 is 0 Å². The Morgan fingerprint density at radius 2 is 1.77 bits per heavy atom. The molecular weight excluding hydrogens is 296 g/mol. The van der Waals surface area contributed by atoms with E-state index in [0.717, 1.165) is 13.2 Å². The van der Waals surface area contributed by atoms with Crippen LogP contribution in [0.15, 0.2) is 22.6 Å². The molecule has 0 aliphatic rings. The van der Waals surface area contributed by atoms with E-state index in [0.29, 0.717) is 17.6 Å². The van der Waals surface area contributed by atoms with Crippen molar-refractivity contribution in [2.75, 3.05) is 12.4 Å². The molecule has 0 saturated heterocycles. The Labute approximate surface area is 124 Å². The van der Waals surface area contributed by atoms with Crippen molar-refractivity contribution < 1.29 is 27.5 Å². The monoisotopic (exact) mass is 309 g/mol. The molecule has 1 aromatic heterocycles. The van der Waals surface area contributed by atoms with Crippen LogP contribution in [-0.2, 0) is 4.74 Å². The van der Waals surface area contributed by atoms with Gasteiger partial charge < -0.3 is 14.5 Å². The number of esters is 1. The topological polar surface area (TPSA) is 68.5 Å². The van der Waals surface area contributed by atoms with E-state index in [1.807, 2.05) is 0 Å². The summed E-state index contributed by atoms with van der Waals surface area (Å²) in [7, 11) is 1.07. The number of carbonyl (C=O) groups excluding carboxylic acids is 2. The van der Waals surface area contributed by atoms with E-state index in [1.165, 1.54) is 6.07 Å². The van der Waals surface area contributed by atoms with Crippen LogP contribution in [0.25, 0.3) is 0 Å². The van der Waals surface area contributed by atoms with Crippen LogP contribution in [0.3, 0.4) is 0 Å². The average molecular weight is 309 g/mol. The molecule has 1 heterocycles. The highest BCUT2D eigenvalue weighted by Gasteiger charge is 2.20. The summed E-state index contributed by atoms with van der Waals surface area (Å²) in [6.07, 6.45) is 0. The summed E-state index contributed by atoms with van der Waals surface area (Å²) >= 11 is 0. The maximum absolute atomic E-state index is 13.7. The summed E-state index contributed by atoms with van der Waals surface area (Å²) in [5.74, 6) is -2.78. The molecule has 1 N–H and O–H groups in total. The molecule has 1 aromatic carbocycles. The SMILES string of the molecule is COC(=O)c1cc(NC(=O)c2cc(C)oc2C)c(F)cc1F. The molecule has 22 heavy (non-hydrogen) atoms. The minimum Gasteiger partial charge on any atom is -0.466 e. The highest BCUT2D eigenvalue weighted by molar-refractivity contribution is 6.05. The number of aryl methyl sites for hydroxylation is 2. The molecule has 0 bridgehead atoms. The maximum Gasteiger partial charge on any atom is 0.340 e. The summed E-state index contributed by atoms with van der Waals surface area (Å²) in [6.45, 7) is 3.25. The van der Waals surface area contributed by atoms with Crippen molar-refractivity contribution >= 4 is 17.6 Å². The minimum absolute atomic E-state index is 0.223. The fourth-order valence-corrected chi connectivity index (χ4v) is 1.96. The number of nitrogens with one attached hydrogen (secondary N) is 1. The quantitative estimate of drug-likeness (QED) is 0.884. The fourth-order valence-electron chi connectivity index (χ4n) is 1.96. The van der Waals surface area contributed by atoms with Gasteiger partial charge in [-0.05, 0) is 26.0 Å². The van der Waals surface area contributed by atoms with Crippen molar-refractivity contribution in [2.45, 2.75) is 13.8 Å². The lowest BCUT2D eigenvalue weighted by Crippen LogP contribution is -2.15. The third kappa shape index (κ3) is 2.98. The van der Waals surface area contributed by atoms with Gasteiger partial charge in [0, 0.05) is 6.07 Å². The third-order valence-electron chi connectivity index (χ3n) is 3.00. The van der Waals surface area contributed by atoms with Crippen LogP contribution in [0.4, 0.5) is 14.5 Å². The van der Waals surface area contributed by atoms with Crippen LogP contribution in [0.2, 0.25) is 0 Å². The van der Waals surface area contributed by atoms with Crippen molar-refractivity contribution in [1.29, 1.82) is 0 Å².